The molecule has 1 aliphatic rings. The second-order valence-corrected chi connectivity index (χ2v) is 8.91. The van der Waals surface area contributed by atoms with Gasteiger partial charge in [-0.15, -0.1) is 11.8 Å². The maximum Gasteiger partial charge on any atom is 0.412 e. The summed E-state index contributed by atoms with van der Waals surface area (Å²) >= 11 is 1.32. The summed E-state index contributed by atoms with van der Waals surface area (Å²) in [5.74, 6) is -1.32. The fourth-order valence-corrected chi connectivity index (χ4v) is 3.83. The summed E-state index contributed by atoms with van der Waals surface area (Å²) in [5, 5.41) is 7.16. The number of amides is 3. The van der Waals surface area contributed by atoms with Crippen molar-refractivity contribution in [2.24, 2.45) is 0 Å². The molecule has 3 rings (SSSR count). The molecule has 1 unspecified atom stereocenters. The second kappa shape index (κ2) is 8.74. The van der Waals surface area contributed by atoms with E-state index in [-0.39, 0.29) is 23.7 Å². The lowest BCUT2D eigenvalue weighted by Gasteiger charge is -2.23. The number of thioether (sulfide) groups is 1. The summed E-state index contributed by atoms with van der Waals surface area (Å²) in [4.78, 5) is 37.5. The highest BCUT2D eigenvalue weighted by Crippen LogP contribution is 2.36. The number of rotatable bonds is 4. The number of hydrogen-bond donors (Lipinski definition) is 3. The van der Waals surface area contributed by atoms with E-state index < -0.39 is 28.7 Å². The van der Waals surface area contributed by atoms with Crippen LogP contribution in [0.2, 0.25) is 0 Å². The highest BCUT2D eigenvalue weighted by atomic mass is 32.2. The van der Waals surface area contributed by atoms with Gasteiger partial charge in [-0.3, -0.25) is 14.9 Å². The third-order valence-electron chi connectivity index (χ3n) is 3.96. The quantitative estimate of drug-likeness (QED) is 0.657. The lowest BCUT2D eigenvalue weighted by Crippen LogP contribution is -2.32. The van der Waals surface area contributed by atoms with Crippen LogP contribution in [-0.2, 0) is 14.3 Å². The van der Waals surface area contributed by atoms with Crippen LogP contribution in [-0.4, -0.2) is 28.8 Å². The van der Waals surface area contributed by atoms with Crippen molar-refractivity contribution in [3.05, 3.63) is 48.3 Å². The van der Waals surface area contributed by atoms with Crippen LogP contribution in [0.15, 0.2) is 47.4 Å². The zero-order valence-electron chi connectivity index (χ0n) is 16.7. The van der Waals surface area contributed by atoms with E-state index in [1.165, 1.54) is 23.9 Å². The van der Waals surface area contributed by atoms with Crippen molar-refractivity contribution in [1.82, 2.24) is 0 Å². The van der Waals surface area contributed by atoms with Gasteiger partial charge in [-0.2, -0.15) is 0 Å². The largest absolute Gasteiger partial charge is 0.444 e. The first-order valence-electron chi connectivity index (χ1n) is 9.27. The molecule has 1 atom stereocenters. The molecule has 7 nitrogen and oxygen atoms in total. The number of halogens is 1. The molecule has 0 spiro atoms. The Morgan fingerprint density at radius 3 is 2.63 bits per heavy atom. The lowest BCUT2D eigenvalue weighted by atomic mass is 10.2. The minimum atomic E-state index is -0.807. The molecule has 3 amide bonds. The molecule has 9 heteroatoms. The Morgan fingerprint density at radius 2 is 1.90 bits per heavy atom. The van der Waals surface area contributed by atoms with Gasteiger partial charge in [0.05, 0.1) is 16.6 Å². The van der Waals surface area contributed by atoms with Crippen molar-refractivity contribution in [3.8, 4) is 0 Å². The van der Waals surface area contributed by atoms with E-state index in [9.17, 15) is 18.8 Å². The number of nitrogens with one attached hydrogen (secondary N) is 3. The SMILES string of the molecule is CC(C)(C)OC(=O)Nc1cc(NC(=O)CC2Sc3ccccc3NC2=O)ccc1F. The molecule has 0 aromatic heterocycles. The standard InChI is InChI=1S/C21H22FN3O4S/c1-21(2,3)29-20(28)25-15-10-12(8-9-13(15)22)23-18(26)11-17-19(27)24-14-6-4-5-7-16(14)30-17/h4-10,17H,11H2,1-3H3,(H,23,26)(H,24,27)(H,25,28). The molecular weight excluding hydrogens is 409 g/mol. The van der Waals surface area contributed by atoms with Crippen LogP contribution >= 0.6 is 11.8 Å². The van der Waals surface area contributed by atoms with Gasteiger partial charge in [-0.05, 0) is 51.1 Å². The molecule has 0 saturated heterocycles. The molecule has 30 heavy (non-hydrogen) atoms. The molecule has 0 radical (unpaired) electrons. The summed E-state index contributed by atoms with van der Waals surface area (Å²) in [7, 11) is 0. The zero-order valence-corrected chi connectivity index (χ0v) is 17.6. The molecule has 2 aromatic rings. The summed E-state index contributed by atoms with van der Waals surface area (Å²) in [6.45, 7) is 5.08. The van der Waals surface area contributed by atoms with Crippen molar-refractivity contribution in [3.63, 3.8) is 0 Å². The molecule has 1 heterocycles. The number of hydrogen-bond acceptors (Lipinski definition) is 5. The van der Waals surface area contributed by atoms with Gasteiger partial charge in [0.25, 0.3) is 0 Å². The predicted octanol–water partition coefficient (Wildman–Crippen LogP) is 4.61. The molecule has 158 valence electrons. The monoisotopic (exact) mass is 431 g/mol. The number of benzene rings is 2. The van der Waals surface area contributed by atoms with E-state index in [0.717, 1.165) is 16.6 Å². The summed E-state index contributed by atoms with van der Waals surface area (Å²) in [6, 6.07) is 11.1. The highest BCUT2D eigenvalue weighted by Gasteiger charge is 2.29. The fourth-order valence-electron chi connectivity index (χ4n) is 2.72. The number of para-hydroxylation sites is 1. The Labute approximate surface area is 177 Å². The predicted molar refractivity (Wildman–Crippen MR) is 114 cm³/mol. The number of carbonyl (C=O) groups is 3. The maximum atomic E-state index is 14.0. The Kier molecular flexibility index (Phi) is 6.31. The first kappa shape index (κ1) is 21.6. The summed E-state index contributed by atoms with van der Waals surface area (Å²) in [5.41, 5.74) is 0.152. The van der Waals surface area contributed by atoms with Crippen LogP contribution in [0.25, 0.3) is 0 Å². The normalized spacial score (nSPS) is 15.6. The number of anilines is 3. The summed E-state index contributed by atoms with van der Waals surface area (Å²) < 4.78 is 19.1. The van der Waals surface area contributed by atoms with Gasteiger partial charge in [-0.25, -0.2) is 9.18 Å². The average molecular weight is 431 g/mol. The van der Waals surface area contributed by atoms with E-state index in [2.05, 4.69) is 16.0 Å². The van der Waals surface area contributed by atoms with Crippen molar-refractivity contribution >= 4 is 46.7 Å². The van der Waals surface area contributed by atoms with E-state index in [1.54, 1.807) is 26.8 Å². The Morgan fingerprint density at radius 1 is 1.17 bits per heavy atom. The second-order valence-electron chi connectivity index (χ2n) is 7.67. The van der Waals surface area contributed by atoms with E-state index >= 15 is 0 Å². The lowest BCUT2D eigenvalue weighted by molar-refractivity contribution is -0.120. The van der Waals surface area contributed by atoms with Crippen molar-refractivity contribution in [2.75, 3.05) is 16.0 Å². The smallest absolute Gasteiger partial charge is 0.412 e. The number of carbonyl (C=O) groups excluding carboxylic acids is 3. The zero-order chi connectivity index (χ0) is 21.9. The topological polar surface area (TPSA) is 96.5 Å². The van der Waals surface area contributed by atoms with E-state index in [1.807, 2.05) is 18.2 Å². The molecule has 0 aliphatic carbocycles. The molecule has 1 aliphatic heterocycles. The average Bonchev–Trinajstić information content (AvgIpc) is 2.63. The first-order valence-corrected chi connectivity index (χ1v) is 10.1. The third-order valence-corrected chi connectivity index (χ3v) is 5.24. The molecule has 2 aromatic carbocycles. The van der Waals surface area contributed by atoms with Crippen molar-refractivity contribution < 1.29 is 23.5 Å². The Hall–Kier alpha value is -3.07. The molecular formula is C21H22FN3O4S. The molecule has 3 N–H and O–H groups in total. The maximum absolute atomic E-state index is 14.0. The van der Waals surface area contributed by atoms with Gasteiger partial charge in [0.1, 0.15) is 11.4 Å². The Balaban J connectivity index is 1.63. The van der Waals surface area contributed by atoms with Gasteiger partial charge in [0.15, 0.2) is 0 Å². The summed E-state index contributed by atoms with van der Waals surface area (Å²) in [6.07, 6.45) is -0.865. The van der Waals surface area contributed by atoms with Crippen LogP contribution in [0.1, 0.15) is 27.2 Å². The minimum absolute atomic E-state index is 0.0585. The molecule has 0 saturated carbocycles. The van der Waals surface area contributed by atoms with Crippen molar-refractivity contribution in [1.29, 1.82) is 0 Å². The van der Waals surface area contributed by atoms with Crippen LogP contribution in [0, 0.1) is 5.82 Å². The number of ether oxygens (including phenoxy) is 1. The van der Waals surface area contributed by atoms with Crippen LogP contribution < -0.4 is 16.0 Å². The van der Waals surface area contributed by atoms with Gasteiger partial charge >= 0.3 is 6.09 Å². The van der Waals surface area contributed by atoms with Gasteiger partial charge in [0, 0.05) is 17.0 Å². The molecule has 0 fully saturated rings. The number of fused-ring (bicyclic) bond motifs is 1. The highest BCUT2D eigenvalue weighted by molar-refractivity contribution is 8.01. The van der Waals surface area contributed by atoms with Crippen molar-refractivity contribution in [2.45, 2.75) is 42.9 Å². The molecule has 0 bridgehead atoms. The third kappa shape index (κ3) is 5.73. The van der Waals surface area contributed by atoms with E-state index in [4.69, 9.17) is 4.74 Å². The van der Waals surface area contributed by atoms with Gasteiger partial charge < -0.3 is 15.4 Å². The van der Waals surface area contributed by atoms with Crippen LogP contribution in [0.3, 0.4) is 0 Å². The first-order chi connectivity index (χ1) is 14.1. The van der Waals surface area contributed by atoms with Crippen LogP contribution in [0.5, 0.6) is 0 Å². The van der Waals surface area contributed by atoms with Gasteiger partial charge in [-0.1, -0.05) is 12.1 Å². The minimum Gasteiger partial charge on any atom is -0.444 e. The van der Waals surface area contributed by atoms with Crippen LogP contribution in [0.4, 0.5) is 26.2 Å². The Bertz CT molecular complexity index is 990. The fraction of sp³-hybridized carbons (Fsp3) is 0.286. The van der Waals surface area contributed by atoms with Gasteiger partial charge in [0.2, 0.25) is 11.8 Å². The van der Waals surface area contributed by atoms with E-state index in [0.29, 0.717) is 0 Å².